The molecule has 1 aromatic carbocycles. The fraction of sp³-hybridized carbons (Fsp3) is 0.538. The number of aliphatic hydroxyl groups is 1. The van der Waals surface area contributed by atoms with Crippen LogP contribution in [0.5, 0.6) is 0 Å². The predicted molar refractivity (Wildman–Crippen MR) is 73.7 cm³/mol. The second-order valence-corrected chi connectivity index (χ2v) is 6.35. The van der Waals surface area contributed by atoms with Crippen LogP contribution in [0.2, 0.25) is 5.02 Å². The standard InChI is InChI=1S/C13H18ClNOS/c1-9(8-16)17-13-10(3-2-4-12(13)14)7-15-11-5-6-11/h2-4,9,11,15-16H,5-8H2,1H3. The van der Waals surface area contributed by atoms with Crippen molar-refractivity contribution in [3.63, 3.8) is 0 Å². The lowest BCUT2D eigenvalue weighted by atomic mass is 10.2. The van der Waals surface area contributed by atoms with Gasteiger partial charge in [0, 0.05) is 22.7 Å². The fourth-order valence-corrected chi connectivity index (χ4v) is 2.88. The largest absolute Gasteiger partial charge is 0.395 e. The van der Waals surface area contributed by atoms with Gasteiger partial charge in [-0.1, -0.05) is 30.7 Å². The van der Waals surface area contributed by atoms with E-state index in [-0.39, 0.29) is 11.9 Å². The highest BCUT2D eigenvalue weighted by atomic mass is 35.5. The van der Waals surface area contributed by atoms with Gasteiger partial charge in [-0.2, -0.15) is 0 Å². The summed E-state index contributed by atoms with van der Waals surface area (Å²) in [6.45, 7) is 3.04. The van der Waals surface area contributed by atoms with Gasteiger partial charge in [0.25, 0.3) is 0 Å². The number of hydrogen-bond donors (Lipinski definition) is 2. The molecule has 17 heavy (non-hydrogen) atoms. The lowest BCUT2D eigenvalue weighted by Crippen LogP contribution is -2.16. The minimum Gasteiger partial charge on any atom is -0.395 e. The minimum absolute atomic E-state index is 0.172. The van der Waals surface area contributed by atoms with Gasteiger partial charge >= 0.3 is 0 Å². The monoisotopic (exact) mass is 271 g/mol. The summed E-state index contributed by atoms with van der Waals surface area (Å²) in [7, 11) is 0. The molecule has 94 valence electrons. The second kappa shape index (κ2) is 6.10. The maximum absolute atomic E-state index is 9.13. The summed E-state index contributed by atoms with van der Waals surface area (Å²) < 4.78 is 0. The molecule has 1 atom stereocenters. The molecule has 0 spiro atoms. The van der Waals surface area contributed by atoms with Crippen molar-refractivity contribution in [3.8, 4) is 0 Å². The van der Waals surface area contributed by atoms with Crippen molar-refractivity contribution in [1.29, 1.82) is 0 Å². The summed E-state index contributed by atoms with van der Waals surface area (Å²) in [5, 5.41) is 13.6. The Labute approximate surface area is 112 Å². The Morgan fingerprint density at radius 2 is 2.29 bits per heavy atom. The Bertz CT molecular complexity index is 382. The van der Waals surface area contributed by atoms with Crippen LogP contribution in [0.15, 0.2) is 23.1 Å². The number of rotatable bonds is 6. The van der Waals surface area contributed by atoms with E-state index >= 15 is 0 Å². The second-order valence-electron chi connectivity index (χ2n) is 4.49. The normalized spacial score (nSPS) is 17.1. The fourth-order valence-electron chi connectivity index (χ4n) is 1.60. The SMILES string of the molecule is CC(CO)Sc1c(Cl)cccc1CNC1CC1. The number of halogens is 1. The van der Waals surface area contributed by atoms with Gasteiger partial charge in [0.05, 0.1) is 11.6 Å². The highest BCUT2D eigenvalue weighted by molar-refractivity contribution is 8.00. The van der Waals surface area contributed by atoms with Crippen LogP contribution in [0.3, 0.4) is 0 Å². The van der Waals surface area contributed by atoms with E-state index < -0.39 is 0 Å². The van der Waals surface area contributed by atoms with Crippen molar-refractivity contribution < 1.29 is 5.11 Å². The van der Waals surface area contributed by atoms with Crippen LogP contribution in [-0.2, 0) is 6.54 Å². The first-order chi connectivity index (χ1) is 8.20. The maximum atomic E-state index is 9.13. The molecule has 1 unspecified atom stereocenters. The van der Waals surface area contributed by atoms with Crippen LogP contribution in [0, 0.1) is 0 Å². The van der Waals surface area contributed by atoms with E-state index in [1.54, 1.807) is 11.8 Å². The van der Waals surface area contributed by atoms with Gasteiger partial charge in [-0.25, -0.2) is 0 Å². The lowest BCUT2D eigenvalue weighted by Gasteiger charge is -2.14. The zero-order valence-corrected chi connectivity index (χ0v) is 11.5. The van der Waals surface area contributed by atoms with Crippen molar-refractivity contribution >= 4 is 23.4 Å². The number of nitrogens with one attached hydrogen (secondary N) is 1. The molecule has 1 aromatic rings. The van der Waals surface area contributed by atoms with E-state index in [1.165, 1.54) is 18.4 Å². The van der Waals surface area contributed by atoms with E-state index in [4.69, 9.17) is 16.7 Å². The average molecular weight is 272 g/mol. The minimum atomic E-state index is 0.172. The maximum Gasteiger partial charge on any atom is 0.0550 e. The highest BCUT2D eigenvalue weighted by Crippen LogP contribution is 2.34. The third kappa shape index (κ3) is 3.88. The lowest BCUT2D eigenvalue weighted by molar-refractivity contribution is 0.300. The molecule has 1 saturated carbocycles. The van der Waals surface area contributed by atoms with E-state index in [1.807, 2.05) is 19.1 Å². The van der Waals surface area contributed by atoms with Crippen LogP contribution in [0.25, 0.3) is 0 Å². The van der Waals surface area contributed by atoms with Crippen LogP contribution in [0.4, 0.5) is 0 Å². The summed E-state index contributed by atoms with van der Waals surface area (Å²) >= 11 is 7.88. The molecule has 2 nitrogen and oxygen atoms in total. The third-order valence-electron chi connectivity index (χ3n) is 2.78. The van der Waals surface area contributed by atoms with Gasteiger partial charge in [0.2, 0.25) is 0 Å². The zero-order valence-electron chi connectivity index (χ0n) is 9.95. The molecular formula is C13H18ClNOS. The van der Waals surface area contributed by atoms with Crippen molar-refractivity contribution in [2.24, 2.45) is 0 Å². The van der Waals surface area contributed by atoms with E-state index in [9.17, 15) is 0 Å². The topological polar surface area (TPSA) is 32.3 Å². The molecule has 0 aromatic heterocycles. The first kappa shape index (κ1) is 13.2. The van der Waals surface area contributed by atoms with E-state index in [0.717, 1.165) is 16.5 Å². The Morgan fingerprint density at radius 3 is 2.94 bits per heavy atom. The molecule has 4 heteroatoms. The molecule has 0 heterocycles. The zero-order chi connectivity index (χ0) is 12.3. The molecule has 2 rings (SSSR count). The molecule has 0 amide bonds. The van der Waals surface area contributed by atoms with E-state index in [2.05, 4.69) is 11.4 Å². The molecule has 0 bridgehead atoms. The van der Waals surface area contributed by atoms with E-state index in [0.29, 0.717) is 6.04 Å². The van der Waals surface area contributed by atoms with Crippen LogP contribution >= 0.6 is 23.4 Å². The Kier molecular flexibility index (Phi) is 4.74. The Hall–Kier alpha value is -0.220. The Morgan fingerprint density at radius 1 is 1.53 bits per heavy atom. The number of aliphatic hydroxyl groups excluding tert-OH is 1. The van der Waals surface area contributed by atoms with Crippen molar-refractivity contribution in [2.75, 3.05) is 6.61 Å². The number of benzene rings is 1. The van der Waals surface area contributed by atoms with Gasteiger partial charge in [-0.3, -0.25) is 0 Å². The van der Waals surface area contributed by atoms with Gasteiger partial charge < -0.3 is 10.4 Å². The predicted octanol–water partition coefficient (Wildman–Crippen LogP) is 3.06. The summed E-state index contributed by atoms with van der Waals surface area (Å²) in [6.07, 6.45) is 2.58. The molecule has 1 aliphatic carbocycles. The molecule has 1 aliphatic rings. The van der Waals surface area contributed by atoms with Gasteiger partial charge in [-0.15, -0.1) is 11.8 Å². The highest BCUT2D eigenvalue weighted by Gasteiger charge is 2.21. The quantitative estimate of drug-likeness (QED) is 0.780. The third-order valence-corrected chi connectivity index (χ3v) is 4.48. The molecule has 2 N–H and O–H groups in total. The summed E-state index contributed by atoms with van der Waals surface area (Å²) in [5.74, 6) is 0. The van der Waals surface area contributed by atoms with Gasteiger partial charge in [0.15, 0.2) is 0 Å². The molecular weight excluding hydrogens is 254 g/mol. The molecule has 1 fully saturated rings. The van der Waals surface area contributed by atoms with Crippen LogP contribution in [-0.4, -0.2) is 23.0 Å². The van der Waals surface area contributed by atoms with Gasteiger partial charge in [-0.05, 0) is 24.5 Å². The summed E-state index contributed by atoms with van der Waals surface area (Å²) in [4.78, 5) is 1.10. The van der Waals surface area contributed by atoms with Crippen molar-refractivity contribution in [1.82, 2.24) is 5.32 Å². The molecule has 0 saturated heterocycles. The number of hydrogen-bond acceptors (Lipinski definition) is 3. The molecule has 0 radical (unpaired) electrons. The first-order valence-corrected chi connectivity index (χ1v) is 7.24. The van der Waals surface area contributed by atoms with Crippen LogP contribution < -0.4 is 5.32 Å². The summed E-state index contributed by atoms with van der Waals surface area (Å²) in [6, 6.07) is 6.70. The average Bonchev–Trinajstić information content (AvgIpc) is 3.13. The smallest absolute Gasteiger partial charge is 0.0550 e. The Balaban J connectivity index is 2.08. The first-order valence-electron chi connectivity index (χ1n) is 5.99. The van der Waals surface area contributed by atoms with Crippen molar-refractivity contribution in [2.45, 2.75) is 42.5 Å². The van der Waals surface area contributed by atoms with Crippen molar-refractivity contribution in [3.05, 3.63) is 28.8 Å². The summed E-state index contributed by atoms with van der Waals surface area (Å²) in [5.41, 5.74) is 1.23. The number of thioether (sulfide) groups is 1. The molecule has 0 aliphatic heterocycles. The van der Waals surface area contributed by atoms with Crippen LogP contribution in [0.1, 0.15) is 25.3 Å². The van der Waals surface area contributed by atoms with Gasteiger partial charge in [0.1, 0.15) is 0 Å².